The third kappa shape index (κ3) is 4.90. The molecule has 1 N–H and O–H groups in total. The molecule has 10 heteroatoms. The summed E-state index contributed by atoms with van der Waals surface area (Å²) in [6.45, 7) is 2.31. The second kappa shape index (κ2) is 8.74. The Balaban J connectivity index is 1.81. The smallest absolute Gasteiger partial charge is 0.270 e. The van der Waals surface area contributed by atoms with E-state index in [2.05, 4.69) is 9.62 Å². The molecule has 0 amide bonds. The van der Waals surface area contributed by atoms with Gasteiger partial charge in [0.15, 0.2) is 0 Å². The average Bonchev–Trinajstić information content (AvgIpc) is 2.70. The topological polar surface area (TPSA) is 102 Å². The summed E-state index contributed by atoms with van der Waals surface area (Å²) >= 11 is 0. The summed E-state index contributed by atoms with van der Waals surface area (Å²) in [6, 6.07) is 10.5. The Morgan fingerprint density at radius 3 is 2.50 bits per heavy atom. The maximum Gasteiger partial charge on any atom is 0.270 e. The summed E-state index contributed by atoms with van der Waals surface area (Å²) in [7, 11) is -3.95. The predicted octanol–water partition coefficient (Wildman–Crippen LogP) is 2.09. The second-order valence-corrected chi connectivity index (χ2v) is 8.09. The molecule has 2 aromatic carbocycles. The summed E-state index contributed by atoms with van der Waals surface area (Å²) in [4.78, 5) is 12.1. The molecule has 28 heavy (non-hydrogen) atoms. The summed E-state index contributed by atoms with van der Waals surface area (Å²) in [5, 5.41) is 10.9. The van der Waals surface area contributed by atoms with Crippen LogP contribution in [0.3, 0.4) is 0 Å². The van der Waals surface area contributed by atoms with E-state index in [-0.39, 0.29) is 29.0 Å². The number of sulfonamides is 1. The first-order valence-corrected chi connectivity index (χ1v) is 10.2. The van der Waals surface area contributed by atoms with E-state index in [4.69, 9.17) is 4.74 Å². The lowest BCUT2D eigenvalue weighted by Gasteiger charge is -2.34. The van der Waals surface area contributed by atoms with Crippen molar-refractivity contribution in [1.29, 1.82) is 0 Å². The molecule has 0 aromatic heterocycles. The molecule has 0 radical (unpaired) electrons. The van der Waals surface area contributed by atoms with Crippen molar-refractivity contribution in [2.24, 2.45) is 0 Å². The maximum atomic E-state index is 13.3. The van der Waals surface area contributed by atoms with Gasteiger partial charge in [-0.25, -0.2) is 17.5 Å². The Bertz CT molecular complexity index is 930. The molecule has 1 aliphatic heterocycles. The van der Waals surface area contributed by atoms with Crippen LogP contribution in [0.2, 0.25) is 0 Å². The highest BCUT2D eigenvalue weighted by Crippen LogP contribution is 2.23. The number of non-ortho nitro benzene ring substituents is 1. The Morgan fingerprint density at radius 2 is 1.86 bits per heavy atom. The van der Waals surface area contributed by atoms with Crippen LogP contribution in [0.15, 0.2) is 53.4 Å². The molecule has 1 saturated heterocycles. The fourth-order valence-corrected chi connectivity index (χ4v) is 4.15. The van der Waals surface area contributed by atoms with Gasteiger partial charge in [-0.2, -0.15) is 0 Å². The van der Waals surface area contributed by atoms with E-state index in [1.165, 1.54) is 30.3 Å². The molecule has 2 aromatic rings. The first kappa shape index (κ1) is 20.3. The van der Waals surface area contributed by atoms with Crippen LogP contribution in [0.4, 0.5) is 10.1 Å². The highest BCUT2D eigenvalue weighted by Gasteiger charge is 2.25. The minimum Gasteiger partial charge on any atom is -0.379 e. The predicted molar refractivity (Wildman–Crippen MR) is 99.8 cm³/mol. The maximum absolute atomic E-state index is 13.3. The van der Waals surface area contributed by atoms with Crippen LogP contribution in [0.1, 0.15) is 11.6 Å². The number of hydrogen-bond acceptors (Lipinski definition) is 6. The molecular weight excluding hydrogens is 389 g/mol. The van der Waals surface area contributed by atoms with Crippen molar-refractivity contribution in [3.63, 3.8) is 0 Å². The number of hydrogen-bond donors (Lipinski definition) is 1. The summed E-state index contributed by atoms with van der Waals surface area (Å²) < 4.78 is 46.5. The number of ether oxygens (including phenoxy) is 1. The van der Waals surface area contributed by atoms with Crippen LogP contribution in [0.5, 0.6) is 0 Å². The van der Waals surface area contributed by atoms with Gasteiger partial charge in [-0.1, -0.05) is 18.2 Å². The fraction of sp³-hybridized carbons (Fsp3) is 0.333. The summed E-state index contributed by atoms with van der Waals surface area (Å²) in [5.74, 6) is -0.373. The number of benzene rings is 2. The van der Waals surface area contributed by atoms with Crippen LogP contribution in [0, 0.1) is 15.9 Å². The minimum absolute atomic E-state index is 0.0384. The van der Waals surface area contributed by atoms with Gasteiger partial charge in [0.2, 0.25) is 10.0 Å². The number of nitro benzene ring substituents is 1. The monoisotopic (exact) mass is 409 g/mol. The lowest BCUT2D eigenvalue weighted by Crippen LogP contribution is -2.43. The molecule has 1 aliphatic rings. The molecule has 0 bridgehead atoms. The number of nitrogens with zero attached hydrogens (tertiary/aromatic N) is 2. The van der Waals surface area contributed by atoms with Gasteiger partial charge in [-0.05, 0) is 23.8 Å². The van der Waals surface area contributed by atoms with E-state index in [1.54, 1.807) is 12.1 Å². The highest BCUT2D eigenvalue weighted by atomic mass is 32.2. The quantitative estimate of drug-likeness (QED) is 0.555. The van der Waals surface area contributed by atoms with Gasteiger partial charge in [0, 0.05) is 37.8 Å². The third-order valence-electron chi connectivity index (χ3n) is 4.55. The Hall–Kier alpha value is -2.40. The molecule has 1 fully saturated rings. The zero-order valence-electron chi connectivity index (χ0n) is 15.0. The van der Waals surface area contributed by atoms with Crippen molar-refractivity contribution >= 4 is 15.7 Å². The van der Waals surface area contributed by atoms with Gasteiger partial charge in [0.1, 0.15) is 5.82 Å². The van der Waals surface area contributed by atoms with Gasteiger partial charge in [-0.15, -0.1) is 0 Å². The first-order valence-electron chi connectivity index (χ1n) is 8.68. The minimum atomic E-state index is -3.95. The van der Waals surface area contributed by atoms with Gasteiger partial charge in [0.25, 0.3) is 5.69 Å². The van der Waals surface area contributed by atoms with Crippen molar-refractivity contribution in [3.05, 3.63) is 70.0 Å². The lowest BCUT2D eigenvalue weighted by molar-refractivity contribution is -0.385. The highest BCUT2D eigenvalue weighted by molar-refractivity contribution is 7.89. The van der Waals surface area contributed by atoms with E-state index in [1.807, 2.05) is 0 Å². The molecule has 0 unspecified atom stereocenters. The van der Waals surface area contributed by atoms with Gasteiger partial charge in [0.05, 0.1) is 23.0 Å². The third-order valence-corrected chi connectivity index (χ3v) is 5.97. The fourth-order valence-electron chi connectivity index (χ4n) is 3.07. The van der Waals surface area contributed by atoms with E-state index in [0.717, 1.165) is 11.6 Å². The summed E-state index contributed by atoms with van der Waals surface area (Å²) in [5.41, 5.74) is 0.469. The van der Waals surface area contributed by atoms with Crippen molar-refractivity contribution < 1.29 is 22.5 Å². The molecule has 0 aliphatic carbocycles. The van der Waals surface area contributed by atoms with Crippen LogP contribution < -0.4 is 4.72 Å². The number of rotatable bonds is 7. The molecule has 0 spiro atoms. The molecule has 1 atom stereocenters. The van der Waals surface area contributed by atoms with E-state index >= 15 is 0 Å². The van der Waals surface area contributed by atoms with E-state index in [0.29, 0.717) is 26.3 Å². The zero-order chi connectivity index (χ0) is 20.1. The van der Waals surface area contributed by atoms with Crippen molar-refractivity contribution in [2.75, 3.05) is 32.8 Å². The number of morpholine rings is 1. The van der Waals surface area contributed by atoms with Gasteiger partial charge < -0.3 is 4.74 Å². The molecular formula is C18H20FN3O5S. The van der Waals surface area contributed by atoms with E-state index in [9.17, 15) is 22.9 Å². The number of nitro groups is 1. The largest absolute Gasteiger partial charge is 0.379 e. The SMILES string of the molecule is O=[N+]([O-])c1cccc(S(=O)(=O)NC[C@H](c2ccc(F)cc2)N2CCOCC2)c1. The second-order valence-electron chi connectivity index (χ2n) is 6.32. The molecule has 3 rings (SSSR count). The average molecular weight is 409 g/mol. The Morgan fingerprint density at radius 1 is 1.18 bits per heavy atom. The normalized spacial score (nSPS) is 16.6. The first-order chi connectivity index (χ1) is 13.4. The van der Waals surface area contributed by atoms with Crippen LogP contribution in [-0.4, -0.2) is 51.1 Å². The number of halogens is 1. The Labute approximate surface area is 162 Å². The van der Waals surface area contributed by atoms with Gasteiger partial charge in [-0.3, -0.25) is 15.0 Å². The van der Waals surface area contributed by atoms with Crippen LogP contribution >= 0.6 is 0 Å². The lowest BCUT2D eigenvalue weighted by atomic mass is 10.0. The van der Waals surface area contributed by atoms with Crippen molar-refractivity contribution in [1.82, 2.24) is 9.62 Å². The van der Waals surface area contributed by atoms with Gasteiger partial charge >= 0.3 is 0 Å². The van der Waals surface area contributed by atoms with Crippen molar-refractivity contribution in [3.8, 4) is 0 Å². The van der Waals surface area contributed by atoms with Crippen LogP contribution in [0.25, 0.3) is 0 Å². The van der Waals surface area contributed by atoms with E-state index < -0.39 is 14.9 Å². The summed E-state index contributed by atoms with van der Waals surface area (Å²) in [6.07, 6.45) is 0. The molecule has 8 nitrogen and oxygen atoms in total. The standard InChI is InChI=1S/C18H20FN3O5S/c19-15-6-4-14(5-7-15)18(21-8-10-27-11-9-21)13-20-28(25,26)17-3-1-2-16(12-17)22(23)24/h1-7,12,18,20H,8-11,13H2/t18-/m1/s1. The Kier molecular flexibility index (Phi) is 6.35. The van der Waals surface area contributed by atoms with Crippen molar-refractivity contribution in [2.45, 2.75) is 10.9 Å². The zero-order valence-corrected chi connectivity index (χ0v) is 15.8. The molecule has 0 saturated carbocycles. The molecule has 1 heterocycles. The van der Waals surface area contributed by atoms with Crippen LogP contribution in [-0.2, 0) is 14.8 Å². The number of nitrogens with one attached hydrogen (secondary N) is 1. The molecule has 150 valence electrons.